The molecule has 0 bridgehead atoms. The Morgan fingerprint density at radius 3 is 2.61 bits per heavy atom. The van der Waals surface area contributed by atoms with E-state index in [9.17, 15) is 18.0 Å². The Labute approximate surface area is 188 Å². The summed E-state index contributed by atoms with van der Waals surface area (Å²) in [5.41, 5.74) is 4.71. The van der Waals surface area contributed by atoms with Gasteiger partial charge in [0.15, 0.2) is 0 Å². The molecule has 4 rings (SSSR count). The molecule has 170 valence electrons. The fourth-order valence-electron chi connectivity index (χ4n) is 3.54. The number of hydrogen-bond acceptors (Lipinski definition) is 5. The molecule has 0 spiro atoms. The Kier molecular flexibility index (Phi) is 6.13. The molecule has 0 N–H and O–H groups in total. The van der Waals surface area contributed by atoms with Crippen LogP contribution in [0.5, 0.6) is 0 Å². The van der Waals surface area contributed by atoms with Gasteiger partial charge >= 0.3 is 6.18 Å². The second-order valence-corrected chi connectivity index (χ2v) is 7.97. The summed E-state index contributed by atoms with van der Waals surface area (Å²) in [6.07, 6.45) is -0.818. The lowest BCUT2D eigenvalue weighted by Gasteiger charge is -2.11. The Balaban J connectivity index is 1.58. The summed E-state index contributed by atoms with van der Waals surface area (Å²) in [5.74, 6) is 0.361. The molecule has 9 heteroatoms. The normalized spacial score (nSPS) is 11.7. The molecule has 0 amide bonds. The van der Waals surface area contributed by atoms with Gasteiger partial charge in [-0.15, -0.1) is 0 Å². The predicted octanol–water partition coefficient (Wildman–Crippen LogP) is 4.98. The van der Waals surface area contributed by atoms with E-state index in [4.69, 9.17) is 0 Å². The lowest BCUT2D eigenvalue weighted by atomic mass is 10.0. The minimum absolute atomic E-state index is 0.0350. The van der Waals surface area contributed by atoms with Crippen LogP contribution in [0.2, 0.25) is 0 Å². The number of imidazole rings is 1. The van der Waals surface area contributed by atoms with E-state index in [0.717, 1.165) is 34.0 Å². The Bertz CT molecular complexity index is 1300. The van der Waals surface area contributed by atoms with Crippen molar-refractivity contribution in [2.45, 2.75) is 25.4 Å². The van der Waals surface area contributed by atoms with Crippen LogP contribution >= 0.6 is 0 Å². The van der Waals surface area contributed by atoms with E-state index in [1.165, 1.54) is 6.33 Å². The summed E-state index contributed by atoms with van der Waals surface area (Å²) in [5, 5.41) is 0. The van der Waals surface area contributed by atoms with Crippen molar-refractivity contribution in [1.82, 2.24) is 19.4 Å². The SMILES string of the molecule is CN(C)c1cc(-c2ccn3c(-c4cccc(CC(=O)CCC(F)(F)F)c4)cnc3c2)ncn1. The van der Waals surface area contributed by atoms with Gasteiger partial charge in [0.05, 0.1) is 24.0 Å². The monoisotopic (exact) mass is 453 g/mol. The number of Topliss-reactive ketones (excluding diaryl/α,β-unsaturated/α-hetero) is 1. The Morgan fingerprint density at radius 2 is 1.85 bits per heavy atom. The Morgan fingerprint density at radius 1 is 1.03 bits per heavy atom. The summed E-state index contributed by atoms with van der Waals surface area (Å²) in [7, 11) is 3.82. The third-order valence-electron chi connectivity index (χ3n) is 5.23. The van der Waals surface area contributed by atoms with Crippen molar-refractivity contribution in [1.29, 1.82) is 0 Å². The molecular weight excluding hydrogens is 431 g/mol. The molecule has 0 saturated carbocycles. The Hall–Kier alpha value is -3.75. The van der Waals surface area contributed by atoms with Gasteiger partial charge in [0.2, 0.25) is 0 Å². The molecule has 3 heterocycles. The van der Waals surface area contributed by atoms with Crippen molar-refractivity contribution < 1.29 is 18.0 Å². The number of nitrogens with zero attached hydrogens (tertiary/aromatic N) is 5. The van der Waals surface area contributed by atoms with Crippen LogP contribution in [0.15, 0.2) is 61.2 Å². The number of pyridine rings is 1. The van der Waals surface area contributed by atoms with E-state index < -0.39 is 24.8 Å². The number of fused-ring (bicyclic) bond motifs is 1. The first-order valence-corrected chi connectivity index (χ1v) is 10.3. The van der Waals surface area contributed by atoms with E-state index in [0.29, 0.717) is 5.56 Å². The van der Waals surface area contributed by atoms with Gasteiger partial charge in [-0.3, -0.25) is 9.20 Å². The second-order valence-electron chi connectivity index (χ2n) is 7.97. The van der Waals surface area contributed by atoms with Gasteiger partial charge in [-0.2, -0.15) is 13.2 Å². The number of carbonyl (C=O) groups is 1. The van der Waals surface area contributed by atoms with Gasteiger partial charge in [-0.25, -0.2) is 15.0 Å². The molecule has 0 radical (unpaired) electrons. The van der Waals surface area contributed by atoms with Crippen molar-refractivity contribution in [3.8, 4) is 22.5 Å². The highest BCUT2D eigenvalue weighted by molar-refractivity contribution is 5.81. The first kappa shape index (κ1) is 22.4. The summed E-state index contributed by atoms with van der Waals surface area (Å²) < 4.78 is 39.0. The van der Waals surface area contributed by atoms with Crippen LogP contribution in [-0.2, 0) is 11.2 Å². The molecular formula is C24H22F3N5O. The van der Waals surface area contributed by atoms with Crippen molar-refractivity contribution in [2.24, 2.45) is 0 Å². The lowest BCUT2D eigenvalue weighted by molar-refractivity contribution is -0.143. The fourth-order valence-corrected chi connectivity index (χ4v) is 3.54. The van der Waals surface area contributed by atoms with Crippen LogP contribution in [0.25, 0.3) is 28.2 Å². The molecule has 6 nitrogen and oxygen atoms in total. The zero-order valence-corrected chi connectivity index (χ0v) is 18.2. The first-order valence-electron chi connectivity index (χ1n) is 10.3. The quantitative estimate of drug-likeness (QED) is 0.395. The van der Waals surface area contributed by atoms with Gasteiger partial charge < -0.3 is 4.90 Å². The third-order valence-corrected chi connectivity index (χ3v) is 5.23. The number of carbonyl (C=O) groups excluding carboxylic acids is 1. The molecule has 1 aromatic carbocycles. The molecule has 4 aromatic rings. The highest BCUT2D eigenvalue weighted by atomic mass is 19.4. The van der Waals surface area contributed by atoms with Gasteiger partial charge in [-0.1, -0.05) is 18.2 Å². The van der Waals surface area contributed by atoms with E-state index >= 15 is 0 Å². The average Bonchev–Trinajstić information content (AvgIpc) is 3.21. The van der Waals surface area contributed by atoms with Crippen LogP contribution in [0.3, 0.4) is 0 Å². The maximum Gasteiger partial charge on any atom is 0.389 e. The zero-order chi connectivity index (χ0) is 23.6. The van der Waals surface area contributed by atoms with Crippen molar-refractivity contribution in [3.63, 3.8) is 0 Å². The summed E-state index contributed by atoms with van der Waals surface area (Å²) in [6.45, 7) is 0. The second kappa shape index (κ2) is 9.01. The van der Waals surface area contributed by atoms with Crippen LogP contribution in [0.4, 0.5) is 19.0 Å². The summed E-state index contributed by atoms with van der Waals surface area (Å²) >= 11 is 0. The number of rotatable bonds is 7. The maximum atomic E-state index is 12.4. The number of hydrogen-bond donors (Lipinski definition) is 0. The van der Waals surface area contributed by atoms with Gasteiger partial charge in [0.25, 0.3) is 0 Å². The topological polar surface area (TPSA) is 63.4 Å². The van der Waals surface area contributed by atoms with Crippen molar-refractivity contribution >= 4 is 17.2 Å². The minimum atomic E-state index is -4.33. The molecule has 0 aliphatic carbocycles. The van der Waals surface area contributed by atoms with Gasteiger partial charge in [-0.05, 0) is 23.8 Å². The van der Waals surface area contributed by atoms with Gasteiger partial charge in [0.1, 0.15) is 23.6 Å². The molecule has 0 saturated heterocycles. The minimum Gasteiger partial charge on any atom is -0.363 e. The average molecular weight is 453 g/mol. The first-order chi connectivity index (χ1) is 15.7. The predicted molar refractivity (Wildman–Crippen MR) is 120 cm³/mol. The smallest absolute Gasteiger partial charge is 0.363 e. The van der Waals surface area contributed by atoms with Crippen LogP contribution in [-0.4, -0.2) is 45.4 Å². The molecule has 33 heavy (non-hydrogen) atoms. The fraction of sp³-hybridized carbons (Fsp3) is 0.250. The molecule has 0 atom stereocenters. The van der Waals surface area contributed by atoms with E-state index in [1.807, 2.05) is 59.9 Å². The van der Waals surface area contributed by atoms with Gasteiger partial charge in [0, 0.05) is 50.3 Å². The number of aromatic nitrogens is 4. The van der Waals surface area contributed by atoms with E-state index in [2.05, 4.69) is 15.0 Å². The zero-order valence-electron chi connectivity index (χ0n) is 18.2. The summed E-state index contributed by atoms with van der Waals surface area (Å²) in [4.78, 5) is 27.0. The highest BCUT2D eigenvalue weighted by Gasteiger charge is 2.27. The number of alkyl halides is 3. The molecule has 0 unspecified atom stereocenters. The van der Waals surface area contributed by atoms with Crippen LogP contribution in [0.1, 0.15) is 18.4 Å². The van der Waals surface area contributed by atoms with Crippen LogP contribution < -0.4 is 4.90 Å². The molecule has 0 aliphatic heterocycles. The largest absolute Gasteiger partial charge is 0.389 e. The highest BCUT2D eigenvalue weighted by Crippen LogP contribution is 2.27. The number of anilines is 1. The molecule has 0 fully saturated rings. The van der Waals surface area contributed by atoms with Crippen LogP contribution in [0, 0.1) is 0 Å². The van der Waals surface area contributed by atoms with Crippen molar-refractivity contribution in [3.05, 3.63) is 66.7 Å². The standard InChI is InChI=1S/C24H22F3N5O/c1-31(2)22-13-20(29-15-30-22)17-7-9-32-21(14-28-23(32)12-17)18-5-3-4-16(10-18)11-19(33)6-8-24(25,26)27/h3-5,7,9-10,12-15H,6,8,11H2,1-2H3. The number of ketones is 1. The number of halogens is 3. The molecule has 0 aliphatic rings. The van der Waals surface area contributed by atoms with E-state index in [1.54, 1.807) is 18.3 Å². The third kappa shape index (κ3) is 5.36. The molecule has 3 aromatic heterocycles. The maximum absolute atomic E-state index is 12.4. The lowest BCUT2D eigenvalue weighted by Crippen LogP contribution is -2.12. The summed E-state index contributed by atoms with van der Waals surface area (Å²) in [6, 6.07) is 13.0. The number of benzene rings is 1. The van der Waals surface area contributed by atoms with E-state index in [-0.39, 0.29) is 6.42 Å². The van der Waals surface area contributed by atoms with Crippen molar-refractivity contribution in [2.75, 3.05) is 19.0 Å².